The van der Waals surface area contributed by atoms with Gasteiger partial charge in [0, 0.05) is 7.05 Å². The van der Waals surface area contributed by atoms with Crippen LogP contribution in [-0.2, 0) is 21.2 Å². The number of rotatable bonds is 7. The standard InChI is InChI=1S/C18H22N2O4S/c1-13-11-15(9-10-17(13)24-3)25(22,23)20-16(18(21)19-2)12-14-7-5-4-6-8-14/h4-11,16,20H,12H2,1-3H3,(H,19,21). The van der Waals surface area contributed by atoms with Gasteiger partial charge in [0.2, 0.25) is 15.9 Å². The first kappa shape index (κ1) is 19.0. The van der Waals surface area contributed by atoms with Crippen LogP contribution in [0, 0.1) is 6.92 Å². The molecule has 0 fully saturated rings. The first-order valence-corrected chi connectivity index (χ1v) is 9.28. The average molecular weight is 362 g/mol. The van der Waals surface area contributed by atoms with Crippen molar-refractivity contribution >= 4 is 15.9 Å². The molecule has 6 nitrogen and oxygen atoms in total. The van der Waals surface area contributed by atoms with Crippen LogP contribution in [0.4, 0.5) is 0 Å². The van der Waals surface area contributed by atoms with E-state index in [0.717, 1.165) is 5.56 Å². The van der Waals surface area contributed by atoms with E-state index < -0.39 is 22.0 Å². The highest BCUT2D eigenvalue weighted by Gasteiger charge is 2.25. The molecule has 134 valence electrons. The van der Waals surface area contributed by atoms with Gasteiger partial charge in [-0.25, -0.2) is 8.42 Å². The molecule has 0 heterocycles. The number of hydrogen-bond donors (Lipinski definition) is 2. The van der Waals surface area contributed by atoms with Crippen molar-refractivity contribution < 1.29 is 17.9 Å². The van der Waals surface area contributed by atoms with Crippen LogP contribution in [0.1, 0.15) is 11.1 Å². The van der Waals surface area contributed by atoms with Gasteiger partial charge in [0.1, 0.15) is 11.8 Å². The number of benzene rings is 2. The number of nitrogens with one attached hydrogen (secondary N) is 2. The Morgan fingerprint density at radius 2 is 1.84 bits per heavy atom. The summed E-state index contributed by atoms with van der Waals surface area (Å²) in [7, 11) is -0.846. The van der Waals surface area contributed by atoms with Crippen LogP contribution in [0.5, 0.6) is 5.75 Å². The van der Waals surface area contributed by atoms with Gasteiger partial charge in [-0.1, -0.05) is 30.3 Å². The molecule has 0 spiro atoms. The first-order valence-electron chi connectivity index (χ1n) is 7.80. The van der Waals surface area contributed by atoms with E-state index in [1.807, 2.05) is 30.3 Å². The van der Waals surface area contributed by atoms with E-state index in [-0.39, 0.29) is 11.3 Å². The van der Waals surface area contributed by atoms with E-state index in [4.69, 9.17) is 4.74 Å². The number of ether oxygens (including phenoxy) is 1. The number of sulfonamides is 1. The summed E-state index contributed by atoms with van der Waals surface area (Å²) in [5, 5.41) is 2.50. The maximum Gasteiger partial charge on any atom is 0.241 e. The summed E-state index contributed by atoms with van der Waals surface area (Å²) in [5.41, 5.74) is 1.56. The number of hydrogen-bond acceptors (Lipinski definition) is 4. The normalized spacial score (nSPS) is 12.4. The number of methoxy groups -OCH3 is 1. The monoisotopic (exact) mass is 362 g/mol. The van der Waals surface area contributed by atoms with E-state index in [9.17, 15) is 13.2 Å². The van der Waals surface area contributed by atoms with Crippen LogP contribution in [0.25, 0.3) is 0 Å². The van der Waals surface area contributed by atoms with Crippen molar-refractivity contribution in [2.45, 2.75) is 24.3 Å². The van der Waals surface area contributed by atoms with Gasteiger partial charge in [-0.2, -0.15) is 4.72 Å². The van der Waals surface area contributed by atoms with E-state index >= 15 is 0 Å². The maximum absolute atomic E-state index is 12.7. The average Bonchev–Trinajstić information content (AvgIpc) is 2.61. The number of carbonyl (C=O) groups excluding carboxylic acids is 1. The highest BCUT2D eigenvalue weighted by molar-refractivity contribution is 7.89. The fraction of sp³-hybridized carbons (Fsp3) is 0.278. The predicted molar refractivity (Wildman–Crippen MR) is 96.1 cm³/mol. The third-order valence-corrected chi connectivity index (χ3v) is 5.29. The summed E-state index contributed by atoms with van der Waals surface area (Å²) in [6.45, 7) is 1.76. The Kier molecular flexibility index (Phi) is 6.17. The Bertz CT molecular complexity index is 835. The molecular weight excluding hydrogens is 340 g/mol. The molecule has 0 saturated carbocycles. The molecule has 2 aromatic carbocycles. The molecule has 2 aromatic rings. The zero-order chi connectivity index (χ0) is 18.4. The lowest BCUT2D eigenvalue weighted by Crippen LogP contribution is -2.46. The summed E-state index contributed by atoms with van der Waals surface area (Å²) in [5.74, 6) is 0.212. The van der Waals surface area contributed by atoms with E-state index in [1.54, 1.807) is 13.0 Å². The first-order chi connectivity index (χ1) is 11.9. The second-order valence-corrected chi connectivity index (χ2v) is 7.32. The highest BCUT2D eigenvalue weighted by Crippen LogP contribution is 2.21. The molecule has 0 aliphatic rings. The molecule has 0 radical (unpaired) electrons. The molecule has 1 amide bonds. The topological polar surface area (TPSA) is 84.5 Å². The molecule has 0 aromatic heterocycles. The van der Waals surface area contributed by atoms with E-state index in [0.29, 0.717) is 11.3 Å². The maximum atomic E-state index is 12.7. The minimum atomic E-state index is -3.85. The third kappa shape index (κ3) is 4.80. The van der Waals surface area contributed by atoms with Crippen molar-refractivity contribution in [1.29, 1.82) is 0 Å². The van der Waals surface area contributed by atoms with Gasteiger partial charge in [0.25, 0.3) is 0 Å². The summed E-state index contributed by atoms with van der Waals surface area (Å²) in [4.78, 5) is 12.2. The van der Waals surface area contributed by atoms with E-state index in [2.05, 4.69) is 10.0 Å². The molecule has 2 N–H and O–H groups in total. The molecule has 1 unspecified atom stereocenters. The number of amides is 1. The smallest absolute Gasteiger partial charge is 0.241 e. The van der Waals surface area contributed by atoms with Crippen LogP contribution in [0.2, 0.25) is 0 Å². The summed E-state index contributed by atoms with van der Waals surface area (Å²) < 4.78 is 33.0. The van der Waals surface area contributed by atoms with Gasteiger partial charge >= 0.3 is 0 Å². The van der Waals surface area contributed by atoms with Crippen LogP contribution in [0.15, 0.2) is 53.4 Å². The lowest BCUT2D eigenvalue weighted by atomic mass is 10.1. The molecule has 0 saturated heterocycles. The molecule has 1 atom stereocenters. The van der Waals surface area contributed by atoms with E-state index in [1.165, 1.54) is 26.3 Å². The Morgan fingerprint density at radius 1 is 1.16 bits per heavy atom. The van der Waals surface area contributed by atoms with Gasteiger partial charge in [-0.15, -0.1) is 0 Å². The number of aryl methyl sites for hydroxylation is 1. The van der Waals surface area contributed by atoms with Gasteiger partial charge in [-0.05, 0) is 42.7 Å². The number of carbonyl (C=O) groups is 1. The second-order valence-electron chi connectivity index (χ2n) is 5.61. The third-order valence-electron chi connectivity index (χ3n) is 3.82. The zero-order valence-electron chi connectivity index (χ0n) is 14.4. The fourth-order valence-electron chi connectivity index (χ4n) is 2.49. The quantitative estimate of drug-likeness (QED) is 0.784. The van der Waals surface area contributed by atoms with Crippen LogP contribution < -0.4 is 14.8 Å². The Morgan fingerprint density at radius 3 is 2.40 bits per heavy atom. The van der Waals surface area contributed by atoms with Crippen molar-refractivity contribution in [3.63, 3.8) is 0 Å². The summed E-state index contributed by atoms with van der Waals surface area (Å²) in [6.07, 6.45) is 0.259. The minimum absolute atomic E-state index is 0.0905. The van der Waals surface area contributed by atoms with Crippen LogP contribution in [-0.4, -0.2) is 34.5 Å². The molecule has 7 heteroatoms. The molecule has 2 rings (SSSR count). The second kappa shape index (κ2) is 8.13. The fourth-order valence-corrected chi connectivity index (χ4v) is 3.77. The lowest BCUT2D eigenvalue weighted by Gasteiger charge is -2.18. The molecule has 0 aliphatic heterocycles. The predicted octanol–water partition coefficient (Wildman–Crippen LogP) is 1.64. The van der Waals surface area contributed by atoms with Gasteiger partial charge in [0.05, 0.1) is 12.0 Å². The lowest BCUT2D eigenvalue weighted by molar-refractivity contribution is -0.122. The molecule has 25 heavy (non-hydrogen) atoms. The Balaban J connectivity index is 2.27. The van der Waals surface area contributed by atoms with Crippen LogP contribution in [0.3, 0.4) is 0 Å². The Hall–Kier alpha value is -2.38. The highest BCUT2D eigenvalue weighted by atomic mass is 32.2. The Labute approximate surface area is 148 Å². The van der Waals surface area contributed by atoms with Crippen molar-refractivity contribution in [3.8, 4) is 5.75 Å². The van der Waals surface area contributed by atoms with Crippen molar-refractivity contribution in [3.05, 3.63) is 59.7 Å². The van der Waals surface area contributed by atoms with Crippen molar-refractivity contribution in [2.24, 2.45) is 0 Å². The molecule has 0 bridgehead atoms. The zero-order valence-corrected chi connectivity index (χ0v) is 15.3. The van der Waals surface area contributed by atoms with Crippen molar-refractivity contribution in [1.82, 2.24) is 10.0 Å². The largest absolute Gasteiger partial charge is 0.496 e. The van der Waals surface area contributed by atoms with Crippen LogP contribution >= 0.6 is 0 Å². The SMILES string of the molecule is CNC(=O)C(Cc1ccccc1)NS(=O)(=O)c1ccc(OC)c(C)c1. The van der Waals surface area contributed by atoms with Gasteiger partial charge < -0.3 is 10.1 Å². The summed E-state index contributed by atoms with van der Waals surface area (Å²) >= 11 is 0. The summed E-state index contributed by atoms with van der Waals surface area (Å²) in [6, 6.07) is 12.9. The van der Waals surface area contributed by atoms with Gasteiger partial charge in [0.15, 0.2) is 0 Å². The minimum Gasteiger partial charge on any atom is -0.496 e. The van der Waals surface area contributed by atoms with Crippen molar-refractivity contribution in [2.75, 3.05) is 14.2 Å². The molecular formula is C18H22N2O4S. The van der Waals surface area contributed by atoms with Gasteiger partial charge in [-0.3, -0.25) is 4.79 Å². The number of likely N-dealkylation sites (N-methyl/N-ethyl adjacent to an activating group) is 1. The molecule has 0 aliphatic carbocycles.